The van der Waals surface area contributed by atoms with Crippen LogP contribution in [0.1, 0.15) is 10.6 Å². The summed E-state index contributed by atoms with van der Waals surface area (Å²) in [5, 5.41) is 3.94. The smallest absolute Gasteiger partial charge is 0.227 e. The summed E-state index contributed by atoms with van der Waals surface area (Å²) in [5.41, 5.74) is 3.16. The lowest BCUT2D eigenvalue weighted by atomic mass is 10.1. The first-order valence-corrected chi connectivity index (χ1v) is 10.7. The molecule has 1 amide bonds. The summed E-state index contributed by atoms with van der Waals surface area (Å²) < 4.78 is 0. The molecule has 0 unspecified atom stereocenters. The number of hydrogen-bond acceptors (Lipinski definition) is 4. The molecule has 0 spiro atoms. The first-order valence-electron chi connectivity index (χ1n) is 9.42. The first-order chi connectivity index (χ1) is 13.7. The van der Waals surface area contributed by atoms with Crippen LogP contribution in [0.4, 0.5) is 0 Å². The lowest BCUT2D eigenvalue weighted by Gasteiger charge is -2.34. The van der Waals surface area contributed by atoms with Gasteiger partial charge in [-0.25, -0.2) is 4.98 Å². The Morgan fingerprint density at radius 2 is 1.71 bits per heavy atom. The molecule has 6 heteroatoms. The number of carbonyl (C=O) groups is 1. The molecule has 0 bridgehead atoms. The number of hydrogen-bond donors (Lipinski definition) is 0. The molecule has 3 aromatic rings. The standard InChI is InChI=1S/C22H22ClN3OS/c23-19-8-6-18(7-9-19)20-16-28-21(24-20)15-25-10-12-26(13-11-25)22(27)14-17-4-2-1-3-5-17/h1-9,16H,10-15H2. The third-order valence-corrected chi connectivity index (χ3v) is 6.06. The SMILES string of the molecule is O=C(Cc1ccccc1)N1CCN(Cc2nc(-c3ccc(Cl)cc3)cs2)CC1. The van der Waals surface area contributed by atoms with Gasteiger partial charge in [-0.1, -0.05) is 54.1 Å². The van der Waals surface area contributed by atoms with Gasteiger partial charge >= 0.3 is 0 Å². The van der Waals surface area contributed by atoms with Crippen LogP contribution in [-0.2, 0) is 17.8 Å². The van der Waals surface area contributed by atoms with Crippen LogP contribution in [-0.4, -0.2) is 46.9 Å². The molecule has 1 saturated heterocycles. The number of halogens is 1. The van der Waals surface area contributed by atoms with Crippen LogP contribution in [0.3, 0.4) is 0 Å². The predicted molar refractivity (Wildman–Crippen MR) is 115 cm³/mol. The van der Waals surface area contributed by atoms with Gasteiger partial charge in [0.15, 0.2) is 0 Å². The Bertz CT molecular complexity index is 918. The molecule has 1 aromatic heterocycles. The summed E-state index contributed by atoms with van der Waals surface area (Å²) in [6.07, 6.45) is 0.484. The molecule has 0 radical (unpaired) electrons. The lowest BCUT2D eigenvalue weighted by Crippen LogP contribution is -2.48. The molecule has 0 N–H and O–H groups in total. The van der Waals surface area contributed by atoms with E-state index in [1.807, 2.05) is 59.5 Å². The van der Waals surface area contributed by atoms with Gasteiger partial charge in [0.1, 0.15) is 5.01 Å². The number of benzene rings is 2. The minimum absolute atomic E-state index is 0.213. The first kappa shape index (κ1) is 19.1. The van der Waals surface area contributed by atoms with E-state index >= 15 is 0 Å². The molecule has 144 valence electrons. The Hall–Kier alpha value is -2.21. The molecule has 1 aliphatic rings. The second-order valence-electron chi connectivity index (χ2n) is 6.95. The van der Waals surface area contributed by atoms with Crippen molar-refractivity contribution in [1.29, 1.82) is 0 Å². The predicted octanol–water partition coefficient (Wildman–Crippen LogP) is 4.35. The molecule has 4 rings (SSSR count). The Balaban J connectivity index is 1.29. The average Bonchev–Trinajstić information content (AvgIpc) is 3.18. The molecular weight excluding hydrogens is 390 g/mol. The van der Waals surface area contributed by atoms with Gasteiger partial charge in [-0.2, -0.15) is 0 Å². The molecule has 0 aliphatic carbocycles. The minimum Gasteiger partial charge on any atom is -0.340 e. The summed E-state index contributed by atoms with van der Waals surface area (Å²) in [6, 6.07) is 17.7. The third-order valence-electron chi connectivity index (χ3n) is 4.97. The summed E-state index contributed by atoms with van der Waals surface area (Å²) in [7, 11) is 0. The van der Waals surface area contributed by atoms with Crippen LogP contribution in [0.2, 0.25) is 5.02 Å². The maximum absolute atomic E-state index is 12.5. The zero-order chi connectivity index (χ0) is 19.3. The second kappa shape index (κ2) is 8.86. The highest BCUT2D eigenvalue weighted by atomic mass is 35.5. The summed E-state index contributed by atoms with van der Waals surface area (Å²) in [6.45, 7) is 4.16. The molecule has 0 atom stereocenters. The Labute approximate surface area is 174 Å². The number of carbonyl (C=O) groups excluding carboxylic acids is 1. The molecule has 1 fully saturated rings. The Kier molecular flexibility index (Phi) is 6.05. The molecular formula is C22H22ClN3OS. The molecule has 1 aliphatic heterocycles. The van der Waals surface area contributed by atoms with Gasteiger partial charge < -0.3 is 4.90 Å². The quantitative estimate of drug-likeness (QED) is 0.626. The van der Waals surface area contributed by atoms with E-state index in [9.17, 15) is 4.79 Å². The Morgan fingerprint density at radius 3 is 2.43 bits per heavy atom. The van der Waals surface area contributed by atoms with E-state index in [0.717, 1.165) is 59.6 Å². The van der Waals surface area contributed by atoms with Gasteiger partial charge in [-0.15, -0.1) is 11.3 Å². The topological polar surface area (TPSA) is 36.4 Å². The molecule has 2 heterocycles. The third kappa shape index (κ3) is 4.79. The summed E-state index contributed by atoms with van der Waals surface area (Å²) >= 11 is 7.64. The van der Waals surface area contributed by atoms with Crippen molar-refractivity contribution < 1.29 is 4.79 Å². The Morgan fingerprint density at radius 1 is 1.00 bits per heavy atom. The fourth-order valence-corrected chi connectivity index (χ4v) is 4.34. The number of rotatable bonds is 5. The van der Waals surface area contributed by atoms with Crippen molar-refractivity contribution in [2.75, 3.05) is 26.2 Å². The van der Waals surface area contributed by atoms with Gasteiger partial charge in [0.2, 0.25) is 5.91 Å². The van der Waals surface area contributed by atoms with E-state index in [-0.39, 0.29) is 5.91 Å². The van der Waals surface area contributed by atoms with Crippen molar-refractivity contribution in [2.45, 2.75) is 13.0 Å². The van der Waals surface area contributed by atoms with Crippen LogP contribution in [0.5, 0.6) is 0 Å². The summed E-state index contributed by atoms with van der Waals surface area (Å²) in [4.78, 5) is 21.6. The van der Waals surface area contributed by atoms with Gasteiger partial charge in [0, 0.05) is 42.1 Å². The fraction of sp³-hybridized carbons (Fsp3) is 0.273. The van der Waals surface area contributed by atoms with E-state index in [2.05, 4.69) is 10.3 Å². The largest absolute Gasteiger partial charge is 0.340 e. The lowest BCUT2D eigenvalue weighted by molar-refractivity contribution is -0.132. The minimum atomic E-state index is 0.213. The van der Waals surface area contributed by atoms with Crippen LogP contribution in [0.15, 0.2) is 60.0 Å². The van der Waals surface area contributed by atoms with Gasteiger partial charge in [0.25, 0.3) is 0 Å². The number of aromatic nitrogens is 1. The van der Waals surface area contributed by atoms with Crippen LogP contribution >= 0.6 is 22.9 Å². The average molecular weight is 412 g/mol. The second-order valence-corrected chi connectivity index (χ2v) is 8.33. The fourth-order valence-electron chi connectivity index (χ4n) is 3.37. The summed E-state index contributed by atoms with van der Waals surface area (Å²) in [5.74, 6) is 0.213. The van der Waals surface area contributed by atoms with E-state index in [1.165, 1.54) is 0 Å². The highest BCUT2D eigenvalue weighted by Crippen LogP contribution is 2.24. The van der Waals surface area contributed by atoms with Gasteiger partial charge in [0.05, 0.1) is 18.7 Å². The zero-order valence-electron chi connectivity index (χ0n) is 15.6. The molecule has 2 aromatic carbocycles. The van der Waals surface area contributed by atoms with E-state index in [4.69, 9.17) is 16.6 Å². The number of thiazole rings is 1. The van der Waals surface area contributed by atoms with Crippen molar-refractivity contribution in [3.05, 3.63) is 75.6 Å². The number of amides is 1. The van der Waals surface area contributed by atoms with Crippen molar-refractivity contribution in [3.63, 3.8) is 0 Å². The van der Waals surface area contributed by atoms with Gasteiger partial charge in [-0.3, -0.25) is 9.69 Å². The molecule has 0 saturated carbocycles. The number of piperazine rings is 1. The highest BCUT2D eigenvalue weighted by Gasteiger charge is 2.22. The van der Waals surface area contributed by atoms with Crippen LogP contribution < -0.4 is 0 Å². The van der Waals surface area contributed by atoms with Crippen molar-refractivity contribution >= 4 is 28.8 Å². The van der Waals surface area contributed by atoms with Crippen LogP contribution in [0.25, 0.3) is 11.3 Å². The monoisotopic (exact) mass is 411 g/mol. The van der Waals surface area contributed by atoms with E-state index in [1.54, 1.807) is 11.3 Å². The highest BCUT2D eigenvalue weighted by molar-refractivity contribution is 7.09. The maximum Gasteiger partial charge on any atom is 0.227 e. The van der Waals surface area contributed by atoms with Crippen LogP contribution in [0, 0.1) is 0 Å². The normalized spacial score (nSPS) is 15.0. The van der Waals surface area contributed by atoms with Gasteiger partial charge in [-0.05, 0) is 17.7 Å². The number of nitrogens with zero attached hydrogens (tertiary/aromatic N) is 3. The molecule has 28 heavy (non-hydrogen) atoms. The molecule has 4 nitrogen and oxygen atoms in total. The van der Waals surface area contributed by atoms with Crippen molar-refractivity contribution in [1.82, 2.24) is 14.8 Å². The van der Waals surface area contributed by atoms with E-state index < -0.39 is 0 Å². The van der Waals surface area contributed by atoms with Crippen molar-refractivity contribution in [2.24, 2.45) is 0 Å². The van der Waals surface area contributed by atoms with E-state index in [0.29, 0.717) is 6.42 Å². The zero-order valence-corrected chi connectivity index (χ0v) is 17.1. The maximum atomic E-state index is 12.5. The van der Waals surface area contributed by atoms with Crippen molar-refractivity contribution in [3.8, 4) is 11.3 Å².